The average Bonchev–Trinajstić information content (AvgIpc) is 2.78. The molecule has 1 N–H and O–H groups in total. The minimum Gasteiger partial charge on any atom is -0.368 e. The van der Waals surface area contributed by atoms with Gasteiger partial charge in [0.2, 0.25) is 15.9 Å². The molecule has 0 aromatic heterocycles. The number of benzene rings is 3. The summed E-state index contributed by atoms with van der Waals surface area (Å²) in [4.78, 5) is 16.7. The first-order valence-corrected chi connectivity index (χ1v) is 12.1. The zero-order valence-corrected chi connectivity index (χ0v) is 18.6. The van der Waals surface area contributed by atoms with Crippen LogP contribution in [0.1, 0.15) is 6.42 Å². The summed E-state index contributed by atoms with van der Waals surface area (Å²) in [7, 11) is -3.67. The van der Waals surface area contributed by atoms with Gasteiger partial charge in [-0.15, -0.1) is 0 Å². The van der Waals surface area contributed by atoms with Gasteiger partial charge in [-0.2, -0.15) is 0 Å². The summed E-state index contributed by atoms with van der Waals surface area (Å²) in [5.74, 6) is -0.0491. The number of hydrogen-bond acceptors (Lipinski definition) is 4. The van der Waals surface area contributed by atoms with E-state index in [1.807, 2.05) is 48.5 Å². The fourth-order valence-electron chi connectivity index (χ4n) is 3.76. The van der Waals surface area contributed by atoms with Crippen LogP contribution < -0.4 is 9.62 Å². The zero-order valence-electron chi connectivity index (χ0n) is 17.0. The number of amides is 1. The van der Waals surface area contributed by atoms with Gasteiger partial charge in [-0.05, 0) is 41.1 Å². The van der Waals surface area contributed by atoms with E-state index in [9.17, 15) is 13.2 Å². The van der Waals surface area contributed by atoms with Crippen molar-refractivity contribution in [3.63, 3.8) is 0 Å². The van der Waals surface area contributed by atoms with Crippen molar-refractivity contribution in [1.29, 1.82) is 0 Å². The molecular weight excluding hydrogens is 434 g/mol. The number of carbonyl (C=O) groups excluding carboxylic acids is 1. The Bertz CT molecular complexity index is 1190. The molecule has 0 atom stereocenters. The van der Waals surface area contributed by atoms with Gasteiger partial charge in [0, 0.05) is 49.9 Å². The predicted octanol–water partition coefficient (Wildman–Crippen LogP) is 3.51. The van der Waals surface area contributed by atoms with Crippen molar-refractivity contribution in [2.45, 2.75) is 11.3 Å². The Balaban J connectivity index is 1.28. The predicted molar refractivity (Wildman–Crippen MR) is 124 cm³/mol. The van der Waals surface area contributed by atoms with Crippen LogP contribution in [0.5, 0.6) is 0 Å². The number of carbonyl (C=O) groups is 1. The third-order valence-electron chi connectivity index (χ3n) is 5.47. The van der Waals surface area contributed by atoms with Gasteiger partial charge in [0.25, 0.3) is 0 Å². The van der Waals surface area contributed by atoms with Crippen molar-refractivity contribution in [2.24, 2.45) is 0 Å². The maximum absolute atomic E-state index is 12.6. The molecule has 1 amide bonds. The van der Waals surface area contributed by atoms with Crippen LogP contribution in [0, 0.1) is 0 Å². The summed E-state index contributed by atoms with van der Waals surface area (Å²) >= 11 is 6.06. The highest BCUT2D eigenvalue weighted by molar-refractivity contribution is 7.89. The topological polar surface area (TPSA) is 69.7 Å². The van der Waals surface area contributed by atoms with Crippen molar-refractivity contribution in [2.75, 3.05) is 37.6 Å². The van der Waals surface area contributed by atoms with Gasteiger partial charge in [-0.3, -0.25) is 4.79 Å². The number of piperazine rings is 1. The maximum Gasteiger partial charge on any atom is 0.240 e. The van der Waals surface area contributed by atoms with Crippen molar-refractivity contribution in [3.05, 3.63) is 71.8 Å². The first-order chi connectivity index (χ1) is 14.9. The van der Waals surface area contributed by atoms with Gasteiger partial charge < -0.3 is 9.80 Å². The molecule has 162 valence electrons. The van der Waals surface area contributed by atoms with E-state index in [0.29, 0.717) is 18.1 Å². The Morgan fingerprint density at radius 1 is 0.903 bits per heavy atom. The average molecular weight is 458 g/mol. The molecule has 0 spiro atoms. The standard InChI is InChI=1S/C23H24ClN3O3S/c24-20-6-3-7-21(17-20)26-12-14-27(15-13-26)23(28)10-11-25-31(29,30)22-9-8-18-4-1-2-5-19(18)16-22/h1-9,16-17,25H,10-15H2. The summed E-state index contributed by atoms with van der Waals surface area (Å²) in [5, 5.41) is 2.53. The van der Waals surface area contributed by atoms with Crippen molar-refractivity contribution >= 4 is 44.0 Å². The molecule has 1 heterocycles. The Morgan fingerprint density at radius 3 is 2.39 bits per heavy atom. The number of halogens is 1. The van der Waals surface area contributed by atoms with Crippen molar-refractivity contribution in [3.8, 4) is 0 Å². The maximum atomic E-state index is 12.6. The minimum atomic E-state index is -3.67. The van der Waals surface area contributed by atoms with Gasteiger partial charge in [0.15, 0.2) is 0 Å². The van der Waals surface area contributed by atoms with Crippen molar-refractivity contribution in [1.82, 2.24) is 9.62 Å². The lowest BCUT2D eigenvalue weighted by Crippen LogP contribution is -2.49. The monoisotopic (exact) mass is 457 g/mol. The van der Waals surface area contributed by atoms with Gasteiger partial charge in [0.1, 0.15) is 0 Å². The molecule has 6 nitrogen and oxygen atoms in total. The second kappa shape index (κ2) is 9.26. The first-order valence-electron chi connectivity index (χ1n) is 10.2. The lowest BCUT2D eigenvalue weighted by atomic mass is 10.1. The second-order valence-corrected chi connectivity index (χ2v) is 9.71. The lowest BCUT2D eigenvalue weighted by Gasteiger charge is -2.36. The molecule has 8 heteroatoms. The second-order valence-electron chi connectivity index (χ2n) is 7.50. The molecule has 0 radical (unpaired) electrons. The van der Waals surface area contributed by atoms with E-state index < -0.39 is 10.0 Å². The molecule has 0 unspecified atom stereocenters. The first kappa shape index (κ1) is 21.6. The van der Waals surface area contributed by atoms with Crippen LogP contribution in [0.3, 0.4) is 0 Å². The number of nitrogens with zero attached hydrogens (tertiary/aromatic N) is 2. The van der Waals surface area contributed by atoms with Gasteiger partial charge in [-0.25, -0.2) is 13.1 Å². The summed E-state index contributed by atoms with van der Waals surface area (Å²) in [6.07, 6.45) is 0.129. The Morgan fingerprint density at radius 2 is 1.65 bits per heavy atom. The highest BCUT2D eigenvalue weighted by Gasteiger charge is 2.22. The fraction of sp³-hybridized carbons (Fsp3) is 0.261. The molecule has 1 aliphatic heterocycles. The molecule has 3 aromatic carbocycles. The normalized spacial score (nSPS) is 14.7. The summed E-state index contributed by atoms with van der Waals surface area (Å²) in [5.41, 5.74) is 1.04. The minimum absolute atomic E-state index is 0.0491. The fourth-order valence-corrected chi connectivity index (χ4v) is 5.01. The molecule has 0 bridgehead atoms. The van der Waals surface area contributed by atoms with E-state index in [4.69, 9.17) is 11.6 Å². The van der Waals surface area contributed by atoms with Crippen LogP contribution in [0.4, 0.5) is 5.69 Å². The Hall–Kier alpha value is -2.61. The van der Waals surface area contributed by atoms with Gasteiger partial charge >= 0.3 is 0 Å². The molecule has 1 aliphatic rings. The third-order valence-corrected chi connectivity index (χ3v) is 7.16. The molecule has 1 fully saturated rings. The van der Waals surface area contributed by atoms with Crippen LogP contribution in [0.2, 0.25) is 5.02 Å². The molecule has 3 aromatic rings. The number of fused-ring (bicyclic) bond motifs is 1. The number of nitrogens with one attached hydrogen (secondary N) is 1. The van der Waals surface area contributed by atoms with E-state index in [1.165, 1.54) is 0 Å². The third kappa shape index (κ3) is 5.18. The molecular formula is C23H24ClN3O3S. The van der Waals surface area contributed by atoms with E-state index >= 15 is 0 Å². The van der Waals surface area contributed by atoms with Crippen LogP contribution in [0.15, 0.2) is 71.6 Å². The lowest BCUT2D eigenvalue weighted by molar-refractivity contribution is -0.131. The SMILES string of the molecule is O=C(CCNS(=O)(=O)c1ccc2ccccc2c1)N1CCN(c2cccc(Cl)c2)CC1. The van der Waals surface area contributed by atoms with Gasteiger partial charge in [-0.1, -0.05) is 48.0 Å². The highest BCUT2D eigenvalue weighted by Crippen LogP contribution is 2.21. The van der Waals surface area contributed by atoms with Gasteiger partial charge in [0.05, 0.1) is 4.90 Å². The van der Waals surface area contributed by atoms with E-state index in [2.05, 4.69) is 9.62 Å². The van der Waals surface area contributed by atoms with Crippen LogP contribution in [-0.4, -0.2) is 51.9 Å². The Labute approximate surface area is 187 Å². The highest BCUT2D eigenvalue weighted by atomic mass is 35.5. The largest absolute Gasteiger partial charge is 0.368 e. The quantitative estimate of drug-likeness (QED) is 0.615. The number of rotatable bonds is 6. The van der Waals surface area contributed by atoms with Crippen LogP contribution >= 0.6 is 11.6 Å². The molecule has 1 saturated heterocycles. The molecule has 4 rings (SSSR count). The Kier molecular flexibility index (Phi) is 6.46. The van der Waals surface area contributed by atoms with Crippen LogP contribution in [0.25, 0.3) is 10.8 Å². The number of sulfonamides is 1. The van der Waals surface area contributed by atoms with E-state index in [0.717, 1.165) is 29.5 Å². The van der Waals surface area contributed by atoms with Crippen LogP contribution in [-0.2, 0) is 14.8 Å². The van der Waals surface area contributed by atoms with E-state index in [-0.39, 0.29) is 23.8 Å². The smallest absolute Gasteiger partial charge is 0.240 e. The number of anilines is 1. The zero-order chi connectivity index (χ0) is 21.8. The van der Waals surface area contributed by atoms with Crippen molar-refractivity contribution < 1.29 is 13.2 Å². The summed E-state index contributed by atoms with van der Waals surface area (Å²) in [6.45, 7) is 2.71. The molecule has 0 aliphatic carbocycles. The summed E-state index contributed by atoms with van der Waals surface area (Å²) in [6, 6.07) is 20.3. The number of hydrogen-bond donors (Lipinski definition) is 1. The molecule has 0 saturated carbocycles. The molecule has 31 heavy (non-hydrogen) atoms. The summed E-state index contributed by atoms with van der Waals surface area (Å²) < 4.78 is 27.8. The van der Waals surface area contributed by atoms with E-state index in [1.54, 1.807) is 23.1 Å².